The molecule has 0 aromatic rings. The van der Waals surface area contributed by atoms with E-state index >= 15 is 0 Å². The van der Waals surface area contributed by atoms with Crippen molar-refractivity contribution in [3.8, 4) is 0 Å². The van der Waals surface area contributed by atoms with Crippen molar-refractivity contribution in [1.29, 1.82) is 0 Å². The summed E-state index contributed by atoms with van der Waals surface area (Å²) < 4.78 is 0. The summed E-state index contributed by atoms with van der Waals surface area (Å²) in [6.45, 7) is 14.6. The second-order valence-corrected chi connectivity index (χ2v) is 4.89. The van der Waals surface area contributed by atoms with Crippen LogP contribution in [0.3, 0.4) is 0 Å². The van der Waals surface area contributed by atoms with Gasteiger partial charge < -0.3 is 9.80 Å². The first-order valence-corrected chi connectivity index (χ1v) is 6.17. The van der Waals surface area contributed by atoms with Gasteiger partial charge in [0.2, 0.25) is 0 Å². The van der Waals surface area contributed by atoms with Gasteiger partial charge in [-0.15, -0.1) is 0 Å². The summed E-state index contributed by atoms with van der Waals surface area (Å²) in [5.41, 5.74) is 0. The van der Waals surface area contributed by atoms with Crippen molar-refractivity contribution in [3.05, 3.63) is 0 Å². The Morgan fingerprint density at radius 1 is 1.00 bits per heavy atom. The van der Waals surface area contributed by atoms with Gasteiger partial charge in [0, 0.05) is 19.6 Å². The van der Waals surface area contributed by atoms with Crippen LogP contribution in [-0.2, 0) is 0 Å². The molecule has 0 bridgehead atoms. The Bertz CT molecular complexity index is 145. The van der Waals surface area contributed by atoms with Gasteiger partial charge in [-0.25, -0.2) is 0 Å². The molecule has 84 valence electrons. The first-order valence-electron chi connectivity index (χ1n) is 6.17. The molecule has 1 saturated heterocycles. The topological polar surface area (TPSA) is 6.48 Å². The van der Waals surface area contributed by atoms with E-state index in [1.165, 1.54) is 52.1 Å². The van der Waals surface area contributed by atoms with Crippen molar-refractivity contribution in [3.63, 3.8) is 0 Å². The minimum Gasteiger partial charge on any atom is -0.302 e. The Morgan fingerprint density at radius 2 is 1.64 bits per heavy atom. The molecule has 1 heterocycles. The van der Waals surface area contributed by atoms with Crippen molar-refractivity contribution < 1.29 is 0 Å². The fourth-order valence-electron chi connectivity index (χ4n) is 2.26. The Morgan fingerprint density at radius 3 is 2.29 bits per heavy atom. The highest BCUT2D eigenvalue weighted by Gasteiger charge is 2.14. The van der Waals surface area contributed by atoms with Crippen LogP contribution in [0.2, 0.25) is 0 Å². The normalized spacial score (nSPS) is 21.4. The van der Waals surface area contributed by atoms with Gasteiger partial charge in [-0.2, -0.15) is 0 Å². The van der Waals surface area contributed by atoms with Crippen LogP contribution in [0.15, 0.2) is 0 Å². The lowest BCUT2D eigenvalue weighted by Crippen LogP contribution is -2.33. The average Bonchev–Trinajstić information content (AvgIpc) is 2.31. The highest BCUT2D eigenvalue weighted by atomic mass is 15.2. The highest BCUT2D eigenvalue weighted by molar-refractivity contribution is 4.70. The third kappa shape index (κ3) is 4.43. The van der Waals surface area contributed by atoms with E-state index in [9.17, 15) is 0 Å². The molecule has 0 unspecified atom stereocenters. The molecular formula is C12H26N2. The molecule has 0 atom stereocenters. The van der Waals surface area contributed by atoms with Gasteiger partial charge in [0.15, 0.2) is 0 Å². The van der Waals surface area contributed by atoms with Crippen LogP contribution in [0.5, 0.6) is 0 Å². The van der Waals surface area contributed by atoms with Gasteiger partial charge >= 0.3 is 0 Å². The Labute approximate surface area is 89.3 Å². The predicted octanol–water partition coefficient (Wildman–Crippen LogP) is 2.06. The van der Waals surface area contributed by atoms with Crippen molar-refractivity contribution in [1.82, 2.24) is 9.80 Å². The van der Waals surface area contributed by atoms with Crippen molar-refractivity contribution in [2.45, 2.75) is 33.6 Å². The monoisotopic (exact) mass is 198 g/mol. The van der Waals surface area contributed by atoms with Gasteiger partial charge in [0.05, 0.1) is 0 Å². The molecule has 0 aliphatic carbocycles. The van der Waals surface area contributed by atoms with Crippen LogP contribution < -0.4 is 0 Å². The molecule has 0 aromatic carbocycles. The average molecular weight is 198 g/mol. The van der Waals surface area contributed by atoms with Crippen LogP contribution >= 0.6 is 0 Å². The standard InChI is InChI=1S/C12H26N2/c1-4-6-13-7-5-8-14(10-9-13)11-12(2)3/h12H,4-11H2,1-3H3. The first kappa shape index (κ1) is 12.0. The zero-order valence-corrected chi connectivity index (χ0v) is 10.1. The van der Waals surface area contributed by atoms with E-state index in [2.05, 4.69) is 30.6 Å². The molecule has 0 radical (unpaired) electrons. The predicted molar refractivity (Wildman–Crippen MR) is 62.6 cm³/mol. The fourth-order valence-corrected chi connectivity index (χ4v) is 2.26. The van der Waals surface area contributed by atoms with Crippen LogP contribution in [-0.4, -0.2) is 49.1 Å². The van der Waals surface area contributed by atoms with Gasteiger partial charge in [-0.1, -0.05) is 20.8 Å². The van der Waals surface area contributed by atoms with Gasteiger partial charge in [0.1, 0.15) is 0 Å². The number of nitrogens with zero attached hydrogens (tertiary/aromatic N) is 2. The molecule has 0 spiro atoms. The second kappa shape index (κ2) is 6.41. The maximum Gasteiger partial charge on any atom is 0.0109 e. The minimum absolute atomic E-state index is 0.813. The zero-order valence-electron chi connectivity index (χ0n) is 10.1. The van der Waals surface area contributed by atoms with E-state index in [1.54, 1.807) is 0 Å². The highest BCUT2D eigenvalue weighted by Crippen LogP contribution is 2.06. The first-order chi connectivity index (χ1) is 6.72. The summed E-state index contributed by atoms with van der Waals surface area (Å²) in [5.74, 6) is 0.813. The number of hydrogen-bond donors (Lipinski definition) is 0. The Hall–Kier alpha value is -0.0800. The molecule has 0 amide bonds. The van der Waals surface area contributed by atoms with E-state index in [-0.39, 0.29) is 0 Å². The van der Waals surface area contributed by atoms with Gasteiger partial charge in [-0.3, -0.25) is 0 Å². The smallest absolute Gasteiger partial charge is 0.0109 e. The summed E-state index contributed by atoms with van der Waals surface area (Å²) in [6, 6.07) is 0. The summed E-state index contributed by atoms with van der Waals surface area (Å²) in [5, 5.41) is 0. The van der Waals surface area contributed by atoms with Gasteiger partial charge in [0.25, 0.3) is 0 Å². The van der Waals surface area contributed by atoms with Crippen LogP contribution in [0.25, 0.3) is 0 Å². The van der Waals surface area contributed by atoms with E-state index in [4.69, 9.17) is 0 Å². The van der Waals surface area contributed by atoms with Crippen LogP contribution in [0.1, 0.15) is 33.6 Å². The molecule has 0 N–H and O–H groups in total. The SMILES string of the molecule is CCCN1CCCN(CC(C)C)CC1. The minimum atomic E-state index is 0.813. The molecule has 1 aliphatic rings. The molecule has 2 nitrogen and oxygen atoms in total. The largest absolute Gasteiger partial charge is 0.302 e. The molecule has 1 aliphatic heterocycles. The molecule has 1 rings (SSSR count). The summed E-state index contributed by atoms with van der Waals surface area (Å²) in [4.78, 5) is 5.24. The number of rotatable bonds is 4. The third-order valence-electron chi connectivity index (χ3n) is 2.84. The Kier molecular flexibility index (Phi) is 5.49. The molecule has 0 saturated carbocycles. The third-order valence-corrected chi connectivity index (χ3v) is 2.84. The second-order valence-electron chi connectivity index (χ2n) is 4.89. The lowest BCUT2D eigenvalue weighted by Gasteiger charge is -2.22. The maximum atomic E-state index is 2.63. The number of hydrogen-bond acceptors (Lipinski definition) is 2. The lowest BCUT2D eigenvalue weighted by molar-refractivity contribution is 0.238. The van der Waals surface area contributed by atoms with Crippen LogP contribution in [0, 0.1) is 5.92 Å². The Balaban J connectivity index is 2.25. The molecular weight excluding hydrogens is 172 g/mol. The van der Waals surface area contributed by atoms with Crippen molar-refractivity contribution >= 4 is 0 Å². The van der Waals surface area contributed by atoms with E-state index in [0.29, 0.717) is 0 Å². The fraction of sp³-hybridized carbons (Fsp3) is 1.00. The van der Waals surface area contributed by atoms with E-state index in [1.807, 2.05) is 0 Å². The lowest BCUT2D eigenvalue weighted by atomic mass is 10.2. The molecule has 14 heavy (non-hydrogen) atoms. The quantitative estimate of drug-likeness (QED) is 0.682. The maximum absolute atomic E-state index is 2.63. The molecule has 0 aromatic heterocycles. The van der Waals surface area contributed by atoms with E-state index in [0.717, 1.165) is 5.92 Å². The summed E-state index contributed by atoms with van der Waals surface area (Å²) >= 11 is 0. The zero-order chi connectivity index (χ0) is 10.4. The summed E-state index contributed by atoms with van der Waals surface area (Å²) in [7, 11) is 0. The molecule has 1 fully saturated rings. The van der Waals surface area contributed by atoms with Crippen molar-refractivity contribution in [2.75, 3.05) is 39.3 Å². The summed E-state index contributed by atoms with van der Waals surface area (Å²) in [6.07, 6.45) is 2.65. The van der Waals surface area contributed by atoms with E-state index < -0.39 is 0 Å². The molecule has 2 heteroatoms. The van der Waals surface area contributed by atoms with Gasteiger partial charge in [-0.05, 0) is 38.4 Å². The van der Waals surface area contributed by atoms with Crippen molar-refractivity contribution in [2.24, 2.45) is 5.92 Å². The van der Waals surface area contributed by atoms with Crippen LogP contribution in [0.4, 0.5) is 0 Å².